The van der Waals surface area contributed by atoms with Crippen molar-refractivity contribution in [1.82, 2.24) is 9.88 Å². The topological polar surface area (TPSA) is 55.3 Å². The van der Waals surface area contributed by atoms with E-state index in [1.165, 1.54) is 25.0 Å². The molecule has 1 saturated carbocycles. The summed E-state index contributed by atoms with van der Waals surface area (Å²) in [6.45, 7) is 1.38. The van der Waals surface area contributed by atoms with Crippen LogP contribution >= 0.6 is 12.4 Å². The largest absolute Gasteiger partial charge is 0.444 e. The Bertz CT molecular complexity index is 598. The number of aromatic nitrogens is 1. The van der Waals surface area contributed by atoms with Crippen molar-refractivity contribution in [3.8, 4) is 11.5 Å². The van der Waals surface area contributed by atoms with Crippen LogP contribution in [-0.2, 0) is 6.54 Å². The number of rotatable bonds is 6. The molecule has 1 aromatic heterocycles. The van der Waals surface area contributed by atoms with Crippen LogP contribution in [0, 0.1) is 11.7 Å². The van der Waals surface area contributed by atoms with Gasteiger partial charge in [-0.25, -0.2) is 9.37 Å². The lowest BCUT2D eigenvalue weighted by Crippen LogP contribution is -2.39. The van der Waals surface area contributed by atoms with Gasteiger partial charge in [-0.1, -0.05) is 0 Å². The van der Waals surface area contributed by atoms with E-state index in [0.29, 0.717) is 25.0 Å². The second-order valence-electron chi connectivity index (χ2n) is 5.71. The molecule has 1 aliphatic rings. The molecule has 1 unspecified atom stereocenters. The highest BCUT2D eigenvalue weighted by atomic mass is 35.5. The Morgan fingerprint density at radius 2 is 2.05 bits per heavy atom. The van der Waals surface area contributed by atoms with Crippen molar-refractivity contribution >= 4 is 12.4 Å². The number of oxazole rings is 1. The first kappa shape index (κ1) is 16.9. The van der Waals surface area contributed by atoms with Crippen molar-refractivity contribution in [3.05, 3.63) is 42.0 Å². The molecule has 1 atom stereocenters. The fourth-order valence-electron chi connectivity index (χ4n) is 2.69. The van der Waals surface area contributed by atoms with Gasteiger partial charge in [0, 0.05) is 24.7 Å². The molecule has 22 heavy (non-hydrogen) atoms. The first-order valence-electron chi connectivity index (χ1n) is 7.28. The third-order valence-electron chi connectivity index (χ3n) is 4.03. The van der Waals surface area contributed by atoms with Crippen LogP contribution in [0.5, 0.6) is 0 Å². The van der Waals surface area contributed by atoms with Crippen LogP contribution in [0.1, 0.15) is 18.5 Å². The quantitative estimate of drug-likeness (QED) is 0.886. The third-order valence-corrected chi connectivity index (χ3v) is 4.03. The lowest BCUT2D eigenvalue weighted by Gasteiger charge is -2.25. The summed E-state index contributed by atoms with van der Waals surface area (Å²) in [5.41, 5.74) is 7.51. The summed E-state index contributed by atoms with van der Waals surface area (Å²) in [4.78, 5) is 6.72. The van der Waals surface area contributed by atoms with Crippen LogP contribution in [-0.4, -0.2) is 29.5 Å². The van der Waals surface area contributed by atoms with Crippen LogP contribution in [0.15, 0.2) is 34.9 Å². The zero-order chi connectivity index (χ0) is 14.8. The smallest absolute Gasteiger partial charge is 0.226 e. The average Bonchev–Trinajstić information content (AvgIpc) is 3.20. The normalized spacial score (nSPS) is 15.6. The summed E-state index contributed by atoms with van der Waals surface area (Å²) in [6.07, 6.45) is 4.20. The minimum Gasteiger partial charge on any atom is -0.444 e. The zero-order valence-corrected chi connectivity index (χ0v) is 13.4. The second kappa shape index (κ2) is 7.22. The van der Waals surface area contributed by atoms with Gasteiger partial charge in [-0.15, -0.1) is 12.4 Å². The monoisotopic (exact) mass is 325 g/mol. The van der Waals surface area contributed by atoms with E-state index < -0.39 is 0 Å². The van der Waals surface area contributed by atoms with Gasteiger partial charge in [0.05, 0.1) is 5.69 Å². The second-order valence-corrected chi connectivity index (χ2v) is 5.71. The third kappa shape index (κ3) is 3.85. The van der Waals surface area contributed by atoms with Crippen LogP contribution < -0.4 is 5.73 Å². The molecule has 120 valence electrons. The van der Waals surface area contributed by atoms with Crippen molar-refractivity contribution in [2.45, 2.75) is 25.4 Å². The van der Waals surface area contributed by atoms with Crippen molar-refractivity contribution in [3.63, 3.8) is 0 Å². The molecule has 1 heterocycles. The number of hydrogen-bond acceptors (Lipinski definition) is 4. The fourth-order valence-corrected chi connectivity index (χ4v) is 2.69. The Kier molecular flexibility index (Phi) is 5.56. The van der Waals surface area contributed by atoms with E-state index in [1.54, 1.807) is 18.4 Å². The summed E-state index contributed by atoms with van der Waals surface area (Å²) in [5.74, 6) is 0.984. The zero-order valence-electron chi connectivity index (χ0n) is 12.5. The van der Waals surface area contributed by atoms with E-state index in [-0.39, 0.29) is 18.2 Å². The molecule has 0 bridgehead atoms. The number of nitrogens with zero attached hydrogens (tertiary/aromatic N) is 2. The van der Waals surface area contributed by atoms with Gasteiger partial charge in [0.25, 0.3) is 0 Å². The fraction of sp³-hybridized carbons (Fsp3) is 0.438. The minimum absolute atomic E-state index is 0. The molecule has 0 spiro atoms. The summed E-state index contributed by atoms with van der Waals surface area (Å²) in [5, 5.41) is 0. The van der Waals surface area contributed by atoms with Gasteiger partial charge in [-0.3, -0.25) is 4.90 Å². The summed E-state index contributed by atoms with van der Waals surface area (Å²) >= 11 is 0. The Morgan fingerprint density at radius 1 is 1.36 bits per heavy atom. The Morgan fingerprint density at radius 3 is 2.64 bits per heavy atom. The SMILES string of the molecule is CN(Cc1coc(-c2ccc(F)cc2)n1)C(CN)C1CC1.Cl. The maximum atomic E-state index is 12.9. The summed E-state index contributed by atoms with van der Waals surface area (Å²) in [7, 11) is 2.07. The van der Waals surface area contributed by atoms with Gasteiger partial charge >= 0.3 is 0 Å². The van der Waals surface area contributed by atoms with E-state index in [0.717, 1.165) is 17.2 Å². The van der Waals surface area contributed by atoms with Crippen LogP contribution in [0.25, 0.3) is 11.5 Å². The summed E-state index contributed by atoms with van der Waals surface area (Å²) < 4.78 is 18.4. The van der Waals surface area contributed by atoms with Gasteiger partial charge in [-0.2, -0.15) is 0 Å². The van der Waals surface area contributed by atoms with E-state index in [9.17, 15) is 4.39 Å². The molecule has 1 fully saturated rings. The number of likely N-dealkylation sites (N-methyl/N-ethyl adjacent to an activating group) is 1. The highest BCUT2D eigenvalue weighted by Crippen LogP contribution is 2.35. The first-order valence-corrected chi connectivity index (χ1v) is 7.28. The average molecular weight is 326 g/mol. The van der Waals surface area contributed by atoms with Crippen LogP contribution in [0.3, 0.4) is 0 Å². The molecule has 6 heteroatoms. The molecule has 1 aliphatic carbocycles. The molecule has 0 saturated heterocycles. The van der Waals surface area contributed by atoms with Crippen molar-refractivity contribution in [2.24, 2.45) is 11.7 Å². The predicted octanol–water partition coefficient (Wildman–Crippen LogP) is 3.07. The highest BCUT2D eigenvalue weighted by molar-refractivity contribution is 5.85. The van der Waals surface area contributed by atoms with E-state index >= 15 is 0 Å². The number of nitrogens with two attached hydrogens (primary N) is 1. The molecule has 4 nitrogen and oxygen atoms in total. The molecular formula is C16H21ClFN3O. The standard InChI is InChI=1S/C16H20FN3O.ClH/c1-20(15(8-18)11-2-3-11)9-14-10-21-16(19-14)12-4-6-13(17)7-5-12;/h4-7,10-11,15H,2-3,8-9,18H2,1H3;1H. The van der Waals surface area contributed by atoms with Crippen LogP contribution in [0.4, 0.5) is 4.39 Å². The van der Waals surface area contributed by atoms with Gasteiger partial charge in [0.1, 0.15) is 12.1 Å². The van der Waals surface area contributed by atoms with Crippen molar-refractivity contribution in [2.75, 3.05) is 13.6 Å². The van der Waals surface area contributed by atoms with Gasteiger partial charge in [0.15, 0.2) is 0 Å². The summed E-state index contributed by atoms with van der Waals surface area (Å²) in [6, 6.07) is 6.56. The number of halogens is 2. The predicted molar refractivity (Wildman–Crippen MR) is 86.2 cm³/mol. The lowest BCUT2D eigenvalue weighted by atomic mass is 10.1. The number of benzene rings is 1. The van der Waals surface area contributed by atoms with Crippen molar-refractivity contribution < 1.29 is 8.81 Å². The van der Waals surface area contributed by atoms with Crippen molar-refractivity contribution in [1.29, 1.82) is 0 Å². The van der Waals surface area contributed by atoms with Gasteiger partial charge in [-0.05, 0) is 50.1 Å². The maximum absolute atomic E-state index is 12.9. The first-order chi connectivity index (χ1) is 10.2. The molecule has 0 aliphatic heterocycles. The van der Waals surface area contributed by atoms with E-state index in [4.69, 9.17) is 10.2 Å². The molecule has 0 radical (unpaired) electrons. The molecule has 1 aromatic carbocycles. The Hall–Kier alpha value is -1.43. The highest BCUT2D eigenvalue weighted by Gasteiger charge is 2.33. The molecule has 2 aromatic rings. The van der Waals surface area contributed by atoms with E-state index in [2.05, 4.69) is 16.9 Å². The van der Waals surface area contributed by atoms with Gasteiger partial charge in [0.2, 0.25) is 5.89 Å². The molecule has 3 rings (SSSR count). The Balaban J connectivity index is 0.00000176. The number of hydrogen-bond donors (Lipinski definition) is 1. The van der Waals surface area contributed by atoms with Gasteiger partial charge < -0.3 is 10.2 Å². The molecular weight excluding hydrogens is 305 g/mol. The Labute approximate surface area is 135 Å². The van der Waals surface area contributed by atoms with E-state index in [1.807, 2.05) is 0 Å². The molecule has 2 N–H and O–H groups in total. The minimum atomic E-state index is -0.263. The van der Waals surface area contributed by atoms with Crippen LogP contribution in [0.2, 0.25) is 0 Å². The maximum Gasteiger partial charge on any atom is 0.226 e. The lowest BCUT2D eigenvalue weighted by molar-refractivity contribution is 0.213. The molecule has 0 amide bonds.